The Morgan fingerprint density at radius 2 is 2.05 bits per heavy atom. The third-order valence-corrected chi connectivity index (χ3v) is 7.34. The zero-order valence-corrected chi connectivity index (χ0v) is 24.0. The molecule has 6 N–H and O–H groups in total. The van der Waals surface area contributed by atoms with Gasteiger partial charge in [-0.3, -0.25) is 0 Å². The lowest BCUT2D eigenvalue weighted by atomic mass is 9.96. The van der Waals surface area contributed by atoms with Crippen molar-refractivity contribution in [1.82, 2.24) is 20.2 Å². The Labute approximate surface area is 240 Å². The average Bonchev–Trinajstić information content (AvgIpc) is 3.29. The fourth-order valence-electron chi connectivity index (χ4n) is 5.04. The van der Waals surface area contributed by atoms with Crippen LogP contribution in [0.1, 0.15) is 48.3 Å². The minimum absolute atomic E-state index is 0.179. The molecule has 2 heterocycles. The number of benzene rings is 2. The van der Waals surface area contributed by atoms with E-state index in [0.717, 1.165) is 50.6 Å². The van der Waals surface area contributed by atoms with Crippen molar-refractivity contribution < 1.29 is 13.9 Å². The van der Waals surface area contributed by atoms with Gasteiger partial charge in [-0.2, -0.15) is 0 Å². The van der Waals surface area contributed by atoms with Gasteiger partial charge >= 0.3 is 5.97 Å². The maximum Gasteiger partial charge on any atom is 0.355 e. The number of nitrogens with one attached hydrogen (secondary N) is 2. The smallest absolute Gasteiger partial charge is 0.355 e. The molecule has 1 aliphatic heterocycles. The van der Waals surface area contributed by atoms with Crippen LogP contribution < -0.4 is 16.9 Å². The number of carbonyl (C=O) groups excluding carboxylic acids is 1. The molecule has 216 valence electrons. The van der Waals surface area contributed by atoms with Crippen molar-refractivity contribution in [1.29, 1.82) is 0 Å². The van der Waals surface area contributed by atoms with Crippen LogP contribution in [0.15, 0.2) is 48.7 Å². The normalized spacial score (nSPS) is 15.2. The highest BCUT2D eigenvalue weighted by Crippen LogP contribution is 2.29. The van der Waals surface area contributed by atoms with E-state index in [4.69, 9.17) is 27.9 Å². The highest BCUT2D eigenvalue weighted by atomic mass is 35.5. The van der Waals surface area contributed by atoms with E-state index in [2.05, 4.69) is 21.3 Å². The quantitative estimate of drug-likeness (QED) is 0.108. The number of halogens is 2. The van der Waals surface area contributed by atoms with Crippen LogP contribution in [0, 0.1) is 17.7 Å². The molecule has 0 radical (unpaired) electrons. The first kappa shape index (κ1) is 29.9. The zero-order chi connectivity index (χ0) is 28.6. The number of esters is 1. The number of hydrogen-bond donors (Lipinski definition) is 4. The van der Waals surface area contributed by atoms with Gasteiger partial charge in [0, 0.05) is 53.9 Å². The Kier molecular flexibility index (Phi) is 10.4. The Morgan fingerprint density at radius 1 is 1.27 bits per heavy atom. The number of likely N-dealkylation sites (tertiary alicyclic amines) is 1. The van der Waals surface area contributed by atoms with Crippen LogP contribution in [0.3, 0.4) is 0 Å². The molecule has 10 heteroatoms. The summed E-state index contributed by atoms with van der Waals surface area (Å²) in [6.45, 7) is 9.52. The number of fused-ring (bicyclic) bond motifs is 1. The lowest BCUT2D eigenvalue weighted by molar-refractivity contribution is 0.0452. The first-order valence-corrected chi connectivity index (χ1v) is 14.2. The van der Waals surface area contributed by atoms with Gasteiger partial charge in [0.25, 0.3) is 0 Å². The van der Waals surface area contributed by atoms with Crippen LogP contribution in [0.2, 0.25) is 5.02 Å². The molecule has 1 saturated heterocycles. The number of aromatic amines is 1. The van der Waals surface area contributed by atoms with E-state index in [1.165, 1.54) is 17.7 Å². The molecule has 1 aliphatic rings. The first-order valence-electron chi connectivity index (χ1n) is 13.8. The molecule has 0 spiro atoms. The molecule has 0 aliphatic carbocycles. The molecule has 4 rings (SSSR count). The summed E-state index contributed by atoms with van der Waals surface area (Å²) in [4.78, 5) is 18.4. The largest absolute Gasteiger partial charge is 0.461 e. The van der Waals surface area contributed by atoms with E-state index >= 15 is 0 Å². The molecule has 0 amide bonds. The molecule has 1 aromatic heterocycles. The van der Waals surface area contributed by atoms with E-state index in [1.54, 1.807) is 17.3 Å². The second-order valence-corrected chi connectivity index (χ2v) is 11.4. The molecular formula is C30H40ClFN6O2. The number of nitrogens with zero attached hydrogens (tertiary/aromatic N) is 2. The summed E-state index contributed by atoms with van der Waals surface area (Å²) in [5.41, 5.74) is 9.12. The lowest BCUT2D eigenvalue weighted by Gasteiger charge is -2.33. The number of rotatable bonds is 12. The molecule has 0 bridgehead atoms. The fraction of sp³-hybridized carbons (Fsp3) is 0.433. The number of hydrogen-bond acceptors (Lipinski definition) is 7. The first-order chi connectivity index (χ1) is 19.2. The van der Waals surface area contributed by atoms with Crippen LogP contribution in [0.4, 0.5) is 4.39 Å². The van der Waals surface area contributed by atoms with Crippen molar-refractivity contribution in [2.45, 2.75) is 33.2 Å². The van der Waals surface area contributed by atoms with Crippen molar-refractivity contribution in [2.24, 2.45) is 23.4 Å². The summed E-state index contributed by atoms with van der Waals surface area (Å²) in [7, 11) is 0. The van der Waals surface area contributed by atoms with Gasteiger partial charge in [-0.05, 0) is 73.7 Å². The van der Waals surface area contributed by atoms with E-state index in [9.17, 15) is 9.18 Å². The van der Waals surface area contributed by atoms with Crippen LogP contribution >= 0.6 is 11.6 Å². The Morgan fingerprint density at radius 3 is 2.77 bits per heavy atom. The van der Waals surface area contributed by atoms with E-state index in [0.29, 0.717) is 28.9 Å². The summed E-state index contributed by atoms with van der Waals surface area (Å²) >= 11 is 6.06. The van der Waals surface area contributed by atoms with Gasteiger partial charge in [0.1, 0.15) is 11.5 Å². The van der Waals surface area contributed by atoms with Gasteiger partial charge < -0.3 is 30.7 Å². The minimum Gasteiger partial charge on any atom is -0.461 e. The molecule has 40 heavy (non-hydrogen) atoms. The summed E-state index contributed by atoms with van der Waals surface area (Å²) in [5, 5.41) is 6.33. The molecule has 0 unspecified atom stereocenters. The SMILES string of the molecule is CC(C)COC(=O)c1[nH]c2ccc(F)cc2c1/C(N)=C/N(N)CC1CCN(CCNCc2cccc(Cl)c2)CC1. The topological polar surface area (TPSA) is 113 Å². The number of nitrogens with two attached hydrogens (primary N) is 2. The average molecular weight is 571 g/mol. The van der Waals surface area contributed by atoms with Crippen LogP contribution in [0.25, 0.3) is 16.6 Å². The zero-order valence-electron chi connectivity index (χ0n) is 23.3. The fourth-order valence-corrected chi connectivity index (χ4v) is 5.25. The highest BCUT2D eigenvalue weighted by Gasteiger charge is 2.23. The Hall–Kier alpha value is -3.11. The van der Waals surface area contributed by atoms with Gasteiger partial charge in [0.05, 0.1) is 12.3 Å². The molecule has 3 aromatic rings. The van der Waals surface area contributed by atoms with Gasteiger partial charge in [-0.15, -0.1) is 0 Å². The van der Waals surface area contributed by atoms with Crippen molar-refractivity contribution in [3.05, 3.63) is 76.3 Å². The number of H-pyrrole nitrogens is 1. The molecule has 8 nitrogen and oxygen atoms in total. The predicted octanol–water partition coefficient (Wildman–Crippen LogP) is 4.71. The standard InChI is InChI=1S/C30H40ClFN6O2/c1-20(2)19-40-30(39)29-28(25-15-24(32)6-7-27(25)36-29)26(33)18-38(34)17-21-8-11-37(12-9-21)13-10-35-16-22-4-3-5-23(31)14-22/h3-7,14-15,18,20-21,35-36H,8-13,16-17,19,33-34H2,1-2H3/b26-18-. The van der Waals surface area contributed by atoms with E-state index < -0.39 is 11.8 Å². The molecular weight excluding hydrogens is 531 g/mol. The van der Waals surface area contributed by atoms with Gasteiger partial charge in [-0.1, -0.05) is 37.6 Å². The maximum atomic E-state index is 14.1. The van der Waals surface area contributed by atoms with Gasteiger partial charge in [-0.25, -0.2) is 15.0 Å². The lowest BCUT2D eigenvalue weighted by Crippen LogP contribution is -2.41. The van der Waals surface area contributed by atoms with E-state index in [1.807, 2.05) is 32.0 Å². The van der Waals surface area contributed by atoms with Crippen LogP contribution in [0.5, 0.6) is 0 Å². The Balaban J connectivity index is 1.31. The summed E-state index contributed by atoms with van der Waals surface area (Å²) in [6, 6.07) is 12.2. The van der Waals surface area contributed by atoms with Crippen molar-refractivity contribution in [3.63, 3.8) is 0 Å². The summed E-state index contributed by atoms with van der Waals surface area (Å²) in [5.74, 6) is 6.00. The maximum absolute atomic E-state index is 14.1. The number of hydrazine groups is 1. The molecule has 0 saturated carbocycles. The summed E-state index contributed by atoms with van der Waals surface area (Å²) < 4.78 is 19.5. The van der Waals surface area contributed by atoms with Crippen molar-refractivity contribution >= 4 is 34.2 Å². The van der Waals surface area contributed by atoms with E-state index in [-0.39, 0.29) is 23.9 Å². The highest BCUT2D eigenvalue weighted by molar-refractivity contribution is 6.30. The summed E-state index contributed by atoms with van der Waals surface area (Å²) in [6.07, 6.45) is 3.68. The number of ether oxygens (including phenoxy) is 1. The minimum atomic E-state index is -0.533. The Bertz CT molecular complexity index is 1320. The van der Waals surface area contributed by atoms with Gasteiger partial charge in [0.2, 0.25) is 0 Å². The predicted molar refractivity (Wildman–Crippen MR) is 159 cm³/mol. The van der Waals surface area contributed by atoms with Gasteiger partial charge in [0.15, 0.2) is 0 Å². The second-order valence-electron chi connectivity index (χ2n) is 10.9. The van der Waals surface area contributed by atoms with Crippen molar-refractivity contribution in [3.8, 4) is 0 Å². The third-order valence-electron chi connectivity index (χ3n) is 7.11. The second kappa shape index (κ2) is 14.0. The van der Waals surface area contributed by atoms with Crippen LogP contribution in [-0.4, -0.2) is 60.2 Å². The molecule has 0 atom stereocenters. The number of piperidine rings is 1. The molecule has 2 aromatic carbocycles. The number of aromatic nitrogens is 1. The number of carbonyl (C=O) groups is 1. The monoisotopic (exact) mass is 570 g/mol. The van der Waals surface area contributed by atoms with Crippen molar-refractivity contribution in [2.75, 3.05) is 39.3 Å². The molecule has 1 fully saturated rings. The van der Waals surface area contributed by atoms with Crippen LogP contribution in [-0.2, 0) is 11.3 Å². The third kappa shape index (κ3) is 8.20.